The van der Waals surface area contributed by atoms with Crippen LogP contribution in [0.5, 0.6) is 0 Å². The predicted molar refractivity (Wildman–Crippen MR) is 158 cm³/mol. The van der Waals surface area contributed by atoms with Gasteiger partial charge in [0.25, 0.3) is 5.91 Å². The van der Waals surface area contributed by atoms with Gasteiger partial charge in [-0.05, 0) is 72.8 Å². The van der Waals surface area contributed by atoms with Crippen molar-refractivity contribution < 1.29 is 13.2 Å². The lowest BCUT2D eigenvalue weighted by atomic mass is 9.98. The molecule has 212 valence electrons. The van der Waals surface area contributed by atoms with Crippen molar-refractivity contribution in [2.24, 2.45) is 5.92 Å². The number of nitrogens with one attached hydrogen (secondary N) is 1. The van der Waals surface area contributed by atoms with Crippen LogP contribution in [0.2, 0.25) is 0 Å². The number of carbonyl (C=O) groups excluding carboxylic acids is 1. The van der Waals surface area contributed by atoms with Crippen LogP contribution in [-0.4, -0.2) is 67.7 Å². The van der Waals surface area contributed by atoms with Crippen LogP contribution in [-0.2, 0) is 29.7 Å². The fourth-order valence-corrected chi connectivity index (χ4v) is 6.93. The molecule has 0 radical (unpaired) electrons. The van der Waals surface area contributed by atoms with Crippen LogP contribution in [0, 0.1) is 5.92 Å². The second-order valence-electron chi connectivity index (χ2n) is 11.2. The van der Waals surface area contributed by atoms with Crippen molar-refractivity contribution in [3.05, 3.63) is 101 Å². The fourth-order valence-electron chi connectivity index (χ4n) is 5.49. The Morgan fingerprint density at radius 3 is 2.08 bits per heavy atom. The Balaban J connectivity index is 1.08. The maximum absolute atomic E-state index is 12.9. The molecular weight excluding hydrogens is 520 g/mol. The quantitative estimate of drug-likeness (QED) is 0.421. The third-order valence-corrected chi connectivity index (χ3v) is 9.97. The molecule has 5 rings (SSSR count). The van der Waals surface area contributed by atoms with Gasteiger partial charge in [-0.2, -0.15) is 4.31 Å². The molecule has 0 aliphatic carbocycles. The molecule has 2 aliphatic rings. The molecule has 3 aromatic carbocycles. The van der Waals surface area contributed by atoms with Gasteiger partial charge in [0.1, 0.15) is 0 Å². The van der Waals surface area contributed by atoms with E-state index in [0.717, 1.165) is 43.2 Å². The first-order chi connectivity index (χ1) is 19.4. The largest absolute Gasteiger partial charge is 0.348 e. The van der Waals surface area contributed by atoms with Crippen LogP contribution in [0.25, 0.3) is 0 Å². The summed E-state index contributed by atoms with van der Waals surface area (Å²) in [6.07, 6.45) is 2.54. The number of hydrogen-bond acceptors (Lipinski definition) is 5. The molecule has 2 saturated heterocycles. The van der Waals surface area contributed by atoms with Gasteiger partial charge in [0.15, 0.2) is 0 Å². The van der Waals surface area contributed by atoms with Crippen molar-refractivity contribution in [1.82, 2.24) is 19.4 Å². The zero-order valence-corrected chi connectivity index (χ0v) is 24.2. The van der Waals surface area contributed by atoms with Crippen LogP contribution in [0.15, 0.2) is 83.8 Å². The second kappa shape index (κ2) is 13.1. The molecule has 0 aromatic heterocycles. The van der Waals surface area contributed by atoms with Gasteiger partial charge in [0.05, 0.1) is 4.90 Å². The summed E-state index contributed by atoms with van der Waals surface area (Å²) < 4.78 is 27.3. The number of hydrogen-bond donors (Lipinski definition) is 1. The van der Waals surface area contributed by atoms with E-state index in [1.54, 1.807) is 28.6 Å². The molecule has 2 fully saturated rings. The summed E-state index contributed by atoms with van der Waals surface area (Å²) in [4.78, 5) is 17.9. The lowest BCUT2D eigenvalue weighted by Gasteiger charge is -2.34. The number of benzene rings is 3. The third kappa shape index (κ3) is 7.37. The SMILES string of the molecule is CC1CCN(Cc2cccc(CNC(=O)c3ccc(CN4CCN(S(=O)(=O)c5ccccc5)CC4)cc3)c2)CC1. The number of piperidine rings is 1. The topological polar surface area (TPSA) is 73.0 Å². The van der Waals surface area contributed by atoms with Crippen LogP contribution < -0.4 is 5.32 Å². The number of amides is 1. The molecule has 0 atom stereocenters. The molecule has 2 heterocycles. The minimum atomic E-state index is -3.45. The standard InChI is InChI=1S/C32H40N4O3S/c1-26-14-16-34(17-15-26)25-29-7-5-6-28(22-29)23-33-32(37)30-12-10-27(11-13-30)24-35-18-20-36(21-19-35)40(38,39)31-8-3-2-4-9-31/h2-13,22,26H,14-21,23-25H2,1H3,(H,33,37). The van der Waals surface area contributed by atoms with E-state index in [1.807, 2.05) is 30.3 Å². The lowest BCUT2D eigenvalue weighted by molar-refractivity contribution is 0.0951. The summed E-state index contributed by atoms with van der Waals surface area (Å²) >= 11 is 0. The Labute approximate surface area is 238 Å². The van der Waals surface area contributed by atoms with Gasteiger partial charge in [0, 0.05) is 51.4 Å². The molecule has 1 amide bonds. The molecule has 2 aliphatic heterocycles. The van der Waals surface area contributed by atoms with Crippen molar-refractivity contribution in [2.45, 2.75) is 44.3 Å². The first-order valence-corrected chi connectivity index (χ1v) is 15.8. The van der Waals surface area contributed by atoms with E-state index in [9.17, 15) is 13.2 Å². The van der Waals surface area contributed by atoms with Crippen LogP contribution in [0.1, 0.15) is 46.8 Å². The third-order valence-electron chi connectivity index (χ3n) is 8.06. The summed E-state index contributed by atoms with van der Waals surface area (Å²) in [5, 5.41) is 3.06. The normalized spacial score (nSPS) is 18.0. The van der Waals surface area contributed by atoms with E-state index in [-0.39, 0.29) is 5.91 Å². The van der Waals surface area contributed by atoms with Gasteiger partial charge in [-0.1, -0.05) is 61.5 Å². The summed E-state index contributed by atoms with van der Waals surface area (Å²) in [5.41, 5.74) is 4.15. The van der Waals surface area contributed by atoms with E-state index in [2.05, 4.69) is 46.3 Å². The highest BCUT2D eigenvalue weighted by atomic mass is 32.2. The Hall–Kier alpha value is -3.04. The molecule has 1 N–H and O–H groups in total. The Kier molecular flexibility index (Phi) is 9.32. The predicted octanol–water partition coefficient (Wildman–Crippen LogP) is 4.36. The highest BCUT2D eigenvalue weighted by molar-refractivity contribution is 7.89. The number of piperazine rings is 1. The molecule has 8 heteroatoms. The van der Waals surface area contributed by atoms with E-state index in [1.165, 1.54) is 18.4 Å². The van der Waals surface area contributed by atoms with Crippen molar-refractivity contribution in [1.29, 1.82) is 0 Å². The maximum atomic E-state index is 12.9. The first-order valence-electron chi connectivity index (χ1n) is 14.3. The molecule has 7 nitrogen and oxygen atoms in total. The highest BCUT2D eigenvalue weighted by Gasteiger charge is 2.28. The average Bonchev–Trinajstić information content (AvgIpc) is 2.98. The van der Waals surface area contributed by atoms with Crippen LogP contribution in [0.4, 0.5) is 0 Å². The van der Waals surface area contributed by atoms with Gasteiger partial charge < -0.3 is 5.32 Å². The van der Waals surface area contributed by atoms with Gasteiger partial charge >= 0.3 is 0 Å². The van der Waals surface area contributed by atoms with Crippen LogP contribution >= 0.6 is 0 Å². The number of rotatable bonds is 9. The maximum Gasteiger partial charge on any atom is 0.251 e. The van der Waals surface area contributed by atoms with Gasteiger partial charge in [-0.25, -0.2) is 8.42 Å². The minimum Gasteiger partial charge on any atom is -0.348 e. The molecule has 0 bridgehead atoms. The Morgan fingerprint density at radius 2 is 1.38 bits per heavy atom. The zero-order valence-electron chi connectivity index (χ0n) is 23.3. The van der Waals surface area contributed by atoms with Crippen molar-refractivity contribution in [3.8, 4) is 0 Å². The molecule has 40 heavy (non-hydrogen) atoms. The first kappa shape index (κ1) is 28.5. The average molecular weight is 561 g/mol. The highest BCUT2D eigenvalue weighted by Crippen LogP contribution is 2.20. The van der Waals surface area contributed by atoms with Gasteiger partial charge in [-0.3, -0.25) is 14.6 Å². The molecule has 0 saturated carbocycles. The number of carbonyl (C=O) groups is 1. The van der Waals surface area contributed by atoms with Crippen LogP contribution in [0.3, 0.4) is 0 Å². The van der Waals surface area contributed by atoms with E-state index in [0.29, 0.717) is 43.2 Å². The van der Waals surface area contributed by atoms with E-state index >= 15 is 0 Å². The summed E-state index contributed by atoms with van der Waals surface area (Å²) in [5.74, 6) is 0.746. The van der Waals surface area contributed by atoms with E-state index in [4.69, 9.17) is 0 Å². The monoisotopic (exact) mass is 560 g/mol. The van der Waals surface area contributed by atoms with Gasteiger partial charge in [0.2, 0.25) is 10.0 Å². The molecule has 0 unspecified atom stereocenters. The van der Waals surface area contributed by atoms with Crippen molar-refractivity contribution >= 4 is 15.9 Å². The molecular formula is C32H40N4O3S. The lowest BCUT2D eigenvalue weighted by Crippen LogP contribution is -2.48. The van der Waals surface area contributed by atoms with E-state index < -0.39 is 10.0 Å². The minimum absolute atomic E-state index is 0.0818. The summed E-state index contributed by atoms with van der Waals surface area (Å²) in [6, 6.07) is 24.8. The number of sulfonamides is 1. The molecule has 3 aromatic rings. The Bertz CT molecular complexity index is 1360. The van der Waals surface area contributed by atoms with Gasteiger partial charge in [-0.15, -0.1) is 0 Å². The zero-order chi connectivity index (χ0) is 28.0. The summed E-state index contributed by atoms with van der Waals surface area (Å²) in [6.45, 7) is 9.12. The van der Waals surface area contributed by atoms with Crippen molar-refractivity contribution in [2.75, 3.05) is 39.3 Å². The summed E-state index contributed by atoms with van der Waals surface area (Å²) in [7, 11) is -3.45. The molecule has 0 spiro atoms. The smallest absolute Gasteiger partial charge is 0.251 e. The fraction of sp³-hybridized carbons (Fsp3) is 0.406. The number of nitrogens with zero attached hydrogens (tertiary/aromatic N) is 3. The Morgan fingerprint density at radius 1 is 0.750 bits per heavy atom. The second-order valence-corrected chi connectivity index (χ2v) is 13.1. The van der Waals surface area contributed by atoms with Crippen molar-refractivity contribution in [3.63, 3.8) is 0 Å². The number of likely N-dealkylation sites (tertiary alicyclic amines) is 1.